The van der Waals surface area contributed by atoms with Crippen molar-refractivity contribution in [3.63, 3.8) is 0 Å². The fourth-order valence-electron chi connectivity index (χ4n) is 1.06. The molecule has 0 saturated heterocycles. The van der Waals surface area contributed by atoms with Crippen molar-refractivity contribution in [2.24, 2.45) is 0 Å². The molecular formula is C8H11F2NS. The van der Waals surface area contributed by atoms with Crippen LogP contribution < -0.4 is 5.32 Å². The maximum absolute atomic E-state index is 12.3. The van der Waals surface area contributed by atoms with E-state index in [1.54, 1.807) is 18.5 Å². The van der Waals surface area contributed by atoms with E-state index in [1.807, 2.05) is 6.92 Å². The van der Waals surface area contributed by atoms with Crippen molar-refractivity contribution in [2.75, 3.05) is 7.05 Å². The summed E-state index contributed by atoms with van der Waals surface area (Å²) in [5.41, 5.74) is 0.676. The minimum absolute atomic E-state index is 0.676. The first-order chi connectivity index (χ1) is 5.65. The molecule has 0 aliphatic carbocycles. The van der Waals surface area contributed by atoms with Crippen molar-refractivity contribution in [1.82, 2.24) is 5.32 Å². The topological polar surface area (TPSA) is 12.0 Å². The van der Waals surface area contributed by atoms with Crippen LogP contribution in [0.1, 0.15) is 16.5 Å². The van der Waals surface area contributed by atoms with Gasteiger partial charge in [-0.15, -0.1) is 11.3 Å². The van der Waals surface area contributed by atoms with Crippen molar-refractivity contribution in [3.05, 3.63) is 21.9 Å². The zero-order valence-corrected chi connectivity index (χ0v) is 7.79. The molecule has 0 spiro atoms. The minimum atomic E-state index is -2.34. The van der Waals surface area contributed by atoms with E-state index in [1.165, 1.54) is 11.3 Å². The maximum Gasteiger partial charge on any atom is 0.257 e. The van der Waals surface area contributed by atoms with Gasteiger partial charge in [0.25, 0.3) is 6.43 Å². The summed E-state index contributed by atoms with van der Waals surface area (Å²) in [6.45, 7) is 1.91. The summed E-state index contributed by atoms with van der Waals surface area (Å²) in [5, 5.41) is 4.35. The predicted molar refractivity (Wildman–Crippen MR) is 46.9 cm³/mol. The lowest BCUT2D eigenvalue weighted by atomic mass is 10.1. The molecular weight excluding hydrogens is 180 g/mol. The van der Waals surface area contributed by atoms with Gasteiger partial charge < -0.3 is 5.32 Å². The number of nitrogens with one attached hydrogen (secondary N) is 1. The van der Waals surface area contributed by atoms with Gasteiger partial charge >= 0.3 is 0 Å². The van der Waals surface area contributed by atoms with Crippen LogP contribution in [0.15, 0.2) is 11.4 Å². The molecule has 1 heterocycles. The summed E-state index contributed by atoms with van der Waals surface area (Å²) in [6, 6.07) is 0.966. The van der Waals surface area contributed by atoms with Crippen LogP contribution in [-0.4, -0.2) is 13.5 Å². The van der Waals surface area contributed by atoms with Crippen LogP contribution in [0.3, 0.4) is 0 Å². The highest BCUT2D eigenvalue weighted by molar-refractivity contribution is 7.10. The molecule has 0 amide bonds. The van der Waals surface area contributed by atoms with E-state index in [9.17, 15) is 8.78 Å². The lowest BCUT2D eigenvalue weighted by Gasteiger charge is -2.12. The van der Waals surface area contributed by atoms with Gasteiger partial charge in [0.2, 0.25) is 0 Å². The summed E-state index contributed by atoms with van der Waals surface area (Å²) in [7, 11) is 1.55. The molecule has 0 aromatic carbocycles. The second-order valence-electron chi connectivity index (χ2n) is 2.59. The molecule has 0 bridgehead atoms. The van der Waals surface area contributed by atoms with Crippen molar-refractivity contribution >= 4 is 11.3 Å². The number of hydrogen-bond acceptors (Lipinski definition) is 2. The van der Waals surface area contributed by atoms with Crippen LogP contribution in [0, 0.1) is 6.92 Å². The molecule has 1 nitrogen and oxygen atoms in total. The van der Waals surface area contributed by atoms with Crippen molar-refractivity contribution < 1.29 is 8.78 Å². The van der Waals surface area contributed by atoms with E-state index in [0.717, 1.165) is 4.88 Å². The Kier molecular flexibility index (Phi) is 3.17. The molecule has 4 heteroatoms. The molecule has 1 atom stereocenters. The molecule has 0 aliphatic rings. The van der Waals surface area contributed by atoms with E-state index in [0.29, 0.717) is 5.56 Å². The third-order valence-corrected chi connectivity index (χ3v) is 2.55. The highest BCUT2D eigenvalue weighted by atomic mass is 32.1. The van der Waals surface area contributed by atoms with E-state index in [-0.39, 0.29) is 0 Å². The summed E-state index contributed by atoms with van der Waals surface area (Å²) >= 11 is 1.49. The summed E-state index contributed by atoms with van der Waals surface area (Å²) in [4.78, 5) is 1.06. The molecule has 0 saturated carbocycles. The molecule has 1 aromatic heterocycles. The minimum Gasteiger partial charge on any atom is -0.308 e. The van der Waals surface area contributed by atoms with E-state index in [2.05, 4.69) is 5.32 Å². The Bertz CT molecular complexity index is 247. The number of hydrogen-bond donors (Lipinski definition) is 1. The SMILES string of the molecule is CNC(c1csc(C)c1)C(F)F. The van der Waals surface area contributed by atoms with Gasteiger partial charge in [-0.1, -0.05) is 0 Å². The number of rotatable bonds is 3. The Balaban J connectivity index is 2.80. The summed E-state index contributed by atoms with van der Waals surface area (Å²) < 4.78 is 24.7. The lowest BCUT2D eigenvalue weighted by Crippen LogP contribution is -2.22. The Hall–Kier alpha value is -0.480. The highest BCUT2D eigenvalue weighted by Gasteiger charge is 2.20. The van der Waals surface area contributed by atoms with Gasteiger partial charge in [0.15, 0.2) is 0 Å². The normalized spacial score (nSPS) is 13.8. The first-order valence-electron chi connectivity index (χ1n) is 3.65. The number of thiophene rings is 1. The Morgan fingerprint density at radius 1 is 1.50 bits per heavy atom. The van der Waals surface area contributed by atoms with Crippen LogP contribution >= 0.6 is 11.3 Å². The quantitative estimate of drug-likeness (QED) is 0.774. The smallest absolute Gasteiger partial charge is 0.257 e. The average molecular weight is 191 g/mol. The van der Waals surface area contributed by atoms with E-state index < -0.39 is 12.5 Å². The van der Waals surface area contributed by atoms with Crippen LogP contribution in [0.2, 0.25) is 0 Å². The van der Waals surface area contributed by atoms with Crippen molar-refractivity contribution in [1.29, 1.82) is 0 Å². The zero-order valence-electron chi connectivity index (χ0n) is 6.97. The number of alkyl halides is 2. The van der Waals surface area contributed by atoms with Crippen LogP contribution in [0.5, 0.6) is 0 Å². The second-order valence-corrected chi connectivity index (χ2v) is 3.71. The van der Waals surface area contributed by atoms with E-state index in [4.69, 9.17) is 0 Å². The van der Waals surface area contributed by atoms with Gasteiger partial charge in [0, 0.05) is 4.88 Å². The zero-order chi connectivity index (χ0) is 9.14. The molecule has 12 heavy (non-hydrogen) atoms. The molecule has 1 rings (SSSR count). The predicted octanol–water partition coefficient (Wildman–Crippen LogP) is 2.58. The first-order valence-corrected chi connectivity index (χ1v) is 4.53. The molecule has 0 fully saturated rings. The van der Waals surface area contributed by atoms with Gasteiger partial charge in [-0.05, 0) is 31.0 Å². The van der Waals surface area contributed by atoms with E-state index >= 15 is 0 Å². The largest absolute Gasteiger partial charge is 0.308 e. The molecule has 1 N–H and O–H groups in total. The van der Waals surface area contributed by atoms with Crippen molar-refractivity contribution in [2.45, 2.75) is 19.4 Å². The van der Waals surface area contributed by atoms with Crippen molar-refractivity contribution in [3.8, 4) is 0 Å². The monoisotopic (exact) mass is 191 g/mol. The third kappa shape index (κ3) is 2.01. The van der Waals surface area contributed by atoms with Gasteiger partial charge in [-0.3, -0.25) is 0 Å². The highest BCUT2D eigenvalue weighted by Crippen LogP contribution is 2.24. The third-order valence-electron chi connectivity index (χ3n) is 1.67. The standard InChI is InChI=1S/C8H11F2NS/c1-5-3-6(4-12-5)7(11-2)8(9)10/h3-4,7-8,11H,1-2H3. The molecule has 1 unspecified atom stereocenters. The van der Waals surface area contributed by atoms with Gasteiger partial charge in [0.05, 0.1) is 6.04 Å². The fourth-order valence-corrected chi connectivity index (χ4v) is 1.81. The molecule has 0 aliphatic heterocycles. The molecule has 1 aromatic rings. The fraction of sp³-hybridized carbons (Fsp3) is 0.500. The van der Waals surface area contributed by atoms with Crippen LogP contribution in [0.25, 0.3) is 0 Å². The van der Waals surface area contributed by atoms with Gasteiger partial charge in [0.1, 0.15) is 0 Å². The lowest BCUT2D eigenvalue weighted by molar-refractivity contribution is 0.102. The first kappa shape index (κ1) is 9.61. The Labute approximate surface area is 74.4 Å². The summed E-state index contributed by atoms with van der Waals surface area (Å²) in [5.74, 6) is 0. The Morgan fingerprint density at radius 3 is 2.50 bits per heavy atom. The number of halogens is 2. The number of aryl methyl sites for hydroxylation is 1. The maximum atomic E-state index is 12.3. The van der Waals surface area contributed by atoms with Crippen LogP contribution in [-0.2, 0) is 0 Å². The Morgan fingerprint density at radius 2 is 2.17 bits per heavy atom. The van der Waals surface area contributed by atoms with Gasteiger partial charge in [-0.2, -0.15) is 0 Å². The molecule has 0 radical (unpaired) electrons. The van der Waals surface area contributed by atoms with Crippen LogP contribution in [0.4, 0.5) is 8.78 Å². The second kappa shape index (κ2) is 3.96. The summed E-state index contributed by atoms with van der Waals surface area (Å²) in [6.07, 6.45) is -2.34. The molecule has 68 valence electrons. The van der Waals surface area contributed by atoms with Gasteiger partial charge in [-0.25, -0.2) is 8.78 Å². The average Bonchev–Trinajstić information content (AvgIpc) is 2.37.